The molecule has 1 N–H and O–H groups in total. The highest BCUT2D eigenvalue weighted by Crippen LogP contribution is 2.41. The molecule has 31 heavy (non-hydrogen) atoms. The van der Waals surface area contributed by atoms with Crippen molar-refractivity contribution >= 4 is 23.2 Å². The molecule has 1 aliphatic rings. The number of nitrogens with one attached hydrogen (secondary N) is 1. The summed E-state index contributed by atoms with van der Waals surface area (Å²) in [6.45, 7) is 2.98. The monoisotopic (exact) mass is 451 g/mol. The number of hydrogen-bond donors (Lipinski definition) is 1. The minimum Gasteiger partial charge on any atom is -0.322 e. The Labute approximate surface area is 182 Å². The van der Waals surface area contributed by atoms with Crippen molar-refractivity contribution in [3.05, 3.63) is 58.9 Å². The second kappa shape index (κ2) is 8.03. The predicted octanol–water partition coefficient (Wildman–Crippen LogP) is 5.52. The summed E-state index contributed by atoms with van der Waals surface area (Å²) < 4.78 is 41.9. The number of nitrogens with zero attached hydrogens (tertiary/aromatic N) is 4. The fourth-order valence-corrected chi connectivity index (χ4v) is 3.82. The van der Waals surface area contributed by atoms with Gasteiger partial charge in [-0.15, -0.1) is 0 Å². The third kappa shape index (κ3) is 4.19. The standard InChI is InChI=1S/C21H21ClF3N5O/c1-12(29-11-18(21(23,24)25)27-13(29)2)20(31)28-17-10-26-30(19(17)14-4-3-5-14)16-8-6-15(22)7-9-16/h6-12,14H,3-5H2,1-2H3,(H,28,31)/t12-/m0/s1. The highest BCUT2D eigenvalue weighted by molar-refractivity contribution is 6.30. The highest BCUT2D eigenvalue weighted by atomic mass is 35.5. The number of carbonyl (C=O) groups is 1. The Morgan fingerprint density at radius 3 is 2.48 bits per heavy atom. The molecule has 4 rings (SSSR count). The smallest absolute Gasteiger partial charge is 0.322 e. The molecule has 0 bridgehead atoms. The summed E-state index contributed by atoms with van der Waals surface area (Å²) in [5.41, 5.74) is 1.24. The summed E-state index contributed by atoms with van der Waals surface area (Å²) >= 11 is 5.99. The zero-order chi connectivity index (χ0) is 22.3. The molecule has 2 heterocycles. The van der Waals surface area contributed by atoms with Crippen molar-refractivity contribution in [3.8, 4) is 5.69 Å². The topological polar surface area (TPSA) is 64.7 Å². The Morgan fingerprint density at radius 1 is 1.26 bits per heavy atom. The fourth-order valence-electron chi connectivity index (χ4n) is 3.70. The SMILES string of the molecule is Cc1nc(C(F)(F)F)cn1[C@@H](C)C(=O)Nc1cnn(-c2ccc(Cl)cc2)c1C1CCC1. The van der Waals surface area contributed by atoms with Gasteiger partial charge in [-0.2, -0.15) is 18.3 Å². The number of halogens is 4. The van der Waals surface area contributed by atoms with Crippen molar-refractivity contribution in [2.75, 3.05) is 5.32 Å². The molecule has 3 aromatic rings. The van der Waals surface area contributed by atoms with Crippen LogP contribution in [0.1, 0.15) is 55.4 Å². The van der Waals surface area contributed by atoms with Gasteiger partial charge in [-0.25, -0.2) is 9.67 Å². The molecule has 1 atom stereocenters. The molecular formula is C21H21ClF3N5O. The van der Waals surface area contributed by atoms with Crippen molar-refractivity contribution in [1.82, 2.24) is 19.3 Å². The average molecular weight is 452 g/mol. The zero-order valence-electron chi connectivity index (χ0n) is 16.9. The second-order valence-electron chi connectivity index (χ2n) is 7.70. The minimum atomic E-state index is -4.57. The first-order valence-corrected chi connectivity index (χ1v) is 10.3. The third-order valence-corrected chi connectivity index (χ3v) is 5.88. The number of anilines is 1. The van der Waals surface area contributed by atoms with Crippen LogP contribution in [-0.2, 0) is 11.0 Å². The number of amides is 1. The molecule has 0 saturated heterocycles. The molecule has 1 amide bonds. The van der Waals surface area contributed by atoms with Crippen molar-refractivity contribution in [3.63, 3.8) is 0 Å². The van der Waals surface area contributed by atoms with Gasteiger partial charge in [0.2, 0.25) is 5.91 Å². The van der Waals surface area contributed by atoms with E-state index in [2.05, 4.69) is 15.4 Å². The lowest BCUT2D eigenvalue weighted by Gasteiger charge is -2.27. The molecule has 164 valence electrons. The molecule has 10 heteroatoms. The van der Waals surface area contributed by atoms with Gasteiger partial charge in [-0.05, 0) is 51.0 Å². The lowest BCUT2D eigenvalue weighted by molar-refractivity contribution is -0.141. The van der Waals surface area contributed by atoms with E-state index in [0.717, 1.165) is 36.8 Å². The summed E-state index contributed by atoms with van der Waals surface area (Å²) in [5, 5.41) is 7.91. The Hall–Kier alpha value is -2.81. The second-order valence-corrected chi connectivity index (χ2v) is 8.14. The summed E-state index contributed by atoms with van der Waals surface area (Å²) in [7, 11) is 0. The largest absolute Gasteiger partial charge is 0.434 e. The van der Waals surface area contributed by atoms with E-state index in [1.807, 2.05) is 12.1 Å². The summed E-state index contributed by atoms with van der Waals surface area (Å²) in [5.74, 6) is -0.0768. The van der Waals surface area contributed by atoms with Crippen LogP contribution in [0.4, 0.5) is 18.9 Å². The maximum Gasteiger partial charge on any atom is 0.434 e. The first-order chi connectivity index (χ1) is 14.6. The molecule has 1 fully saturated rings. The normalized spacial score (nSPS) is 15.5. The van der Waals surface area contributed by atoms with Gasteiger partial charge in [0, 0.05) is 17.1 Å². The molecule has 0 spiro atoms. The van der Waals surface area contributed by atoms with Crippen LogP contribution in [0.5, 0.6) is 0 Å². The van der Waals surface area contributed by atoms with E-state index in [1.165, 1.54) is 18.4 Å². The summed E-state index contributed by atoms with van der Waals surface area (Å²) in [6, 6.07) is 6.35. The van der Waals surface area contributed by atoms with Gasteiger partial charge in [0.1, 0.15) is 11.9 Å². The fraction of sp³-hybridized carbons (Fsp3) is 0.381. The zero-order valence-corrected chi connectivity index (χ0v) is 17.7. The summed E-state index contributed by atoms with van der Waals surface area (Å²) in [6.07, 6.45) is 0.928. The molecular weight excluding hydrogens is 431 g/mol. The van der Waals surface area contributed by atoms with Crippen LogP contribution in [0.15, 0.2) is 36.7 Å². The molecule has 1 aliphatic carbocycles. The number of alkyl halides is 3. The maximum atomic E-state index is 13.0. The molecule has 0 unspecified atom stereocenters. The van der Waals surface area contributed by atoms with Gasteiger partial charge in [0.05, 0.1) is 23.3 Å². The Bertz CT molecular complexity index is 1100. The number of imidazole rings is 1. The van der Waals surface area contributed by atoms with E-state index in [-0.39, 0.29) is 11.7 Å². The number of hydrogen-bond acceptors (Lipinski definition) is 3. The van der Waals surface area contributed by atoms with E-state index in [1.54, 1.807) is 23.0 Å². The van der Waals surface area contributed by atoms with Crippen molar-refractivity contribution in [1.29, 1.82) is 0 Å². The van der Waals surface area contributed by atoms with Crippen molar-refractivity contribution < 1.29 is 18.0 Å². The van der Waals surface area contributed by atoms with E-state index in [9.17, 15) is 18.0 Å². The van der Waals surface area contributed by atoms with Crippen molar-refractivity contribution in [2.24, 2.45) is 0 Å². The van der Waals surface area contributed by atoms with Crippen LogP contribution < -0.4 is 5.32 Å². The van der Waals surface area contributed by atoms with Gasteiger partial charge >= 0.3 is 6.18 Å². The number of rotatable bonds is 5. The van der Waals surface area contributed by atoms with Crippen LogP contribution in [0, 0.1) is 6.92 Å². The van der Waals surface area contributed by atoms with Gasteiger partial charge in [0.25, 0.3) is 0 Å². The molecule has 1 saturated carbocycles. The Balaban J connectivity index is 1.61. The Morgan fingerprint density at radius 2 is 1.94 bits per heavy atom. The van der Waals surface area contributed by atoms with E-state index in [4.69, 9.17) is 11.6 Å². The van der Waals surface area contributed by atoms with Crippen molar-refractivity contribution in [2.45, 2.75) is 51.2 Å². The first-order valence-electron chi connectivity index (χ1n) is 9.92. The summed E-state index contributed by atoms with van der Waals surface area (Å²) in [4.78, 5) is 16.4. The van der Waals surface area contributed by atoms with Crippen LogP contribution in [0.25, 0.3) is 5.69 Å². The number of aryl methyl sites for hydroxylation is 1. The van der Waals surface area contributed by atoms with Gasteiger partial charge in [-0.1, -0.05) is 18.0 Å². The lowest BCUT2D eigenvalue weighted by Crippen LogP contribution is -2.25. The number of carbonyl (C=O) groups excluding carboxylic acids is 1. The van der Waals surface area contributed by atoms with Crippen LogP contribution >= 0.6 is 11.6 Å². The minimum absolute atomic E-state index is 0.117. The van der Waals surface area contributed by atoms with E-state index < -0.39 is 23.8 Å². The molecule has 0 radical (unpaired) electrons. The molecule has 2 aromatic heterocycles. The molecule has 1 aromatic carbocycles. The predicted molar refractivity (Wildman–Crippen MR) is 110 cm³/mol. The van der Waals surface area contributed by atoms with Gasteiger partial charge < -0.3 is 9.88 Å². The number of aromatic nitrogens is 4. The lowest BCUT2D eigenvalue weighted by atomic mass is 9.82. The van der Waals surface area contributed by atoms with E-state index in [0.29, 0.717) is 10.7 Å². The van der Waals surface area contributed by atoms with Gasteiger partial charge in [0.15, 0.2) is 5.69 Å². The average Bonchev–Trinajstić information content (AvgIpc) is 3.25. The van der Waals surface area contributed by atoms with Crippen LogP contribution in [0.3, 0.4) is 0 Å². The molecule has 6 nitrogen and oxygen atoms in total. The maximum absolute atomic E-state index is 13.0. The third-order valence-electron chi connectivity index (χ3n) is 5.63. The Kier molecular flexibility index (Phi) is 5.55. The quantitative estimate of drug-likeness (QED) is 0.555. The molecule has 0 aliphatic heterocycles. The highest BCUT2D eigenvalue weighted by Gasteiger charge is 2.35. The van der Waals surface area contributed by atoms with Gasteiger partial charge in [-0.3, -0.25) is 4.79 Å². The first kappa shape index (κ1) is 21.4. The number of benzene rings is 1. The van der Waals surface area contributed by atoms with E-state index >= 15 is 0 Å². The van der Waals surface area contributed by atoms with Crippen LogP contribution in [-0.4, -0.2) is 25.2 Å². The van der Waals surface area contributed by atoms with Crippen LogP contribution in [0.2, 0.25) is 5.02 Å².